The number of amides is 1. The molecule has 0 aromatic carbocycles. The van der Waals surface area contributed by atoms with Crippen LogP contribution in [-0.4, -0.2) is 10.9 Å². The van der Waals surface area contributed by atoms with E-state index in [0.717, 1.165) is 22.3 Å². The van der Waals surface area contributed by atoms with Crippen LogP contribution in [0, 0.1) is 6.92 Å². The van der Waals surface area contributed by atoms with Gasteiger partial charge >= 0.3 is 0 Å². The minimum Gasteiger partial charge on any atom is -0.325 e. The highest BCUT2D eigenvalue weighted by Crippen LogP contribution is 2.16. The number of nitrogens with one attached hydrogen (secondary N) is 1. The maximum Gasteiger partial charge on any atom is 0.224 e. The predicted octanol–water partition coefficient (Wildman–Crippen LogP) is 2.89. The molecule has 1 N–H and O–H groups in total. The van der Waals surface area contributed by atoms with E-state index < -0.39 is 0 Å². The summed E-state index contributed by atoms with van der Waals surface area (Å²) in [4.78, 5) is 15.4. The highest BCUT2D eigenvalue weighted by atomic mass is 79.9. The van der Waals surface area contributed by atoms with Crippen LogP contribution in [0.2, 0.25) is 0 Å². The summed E-state index contributed by atoms with van der Waals surface area (Å²) < 4.78 is 0.811. The van der Waals surface area contributed by atoms with Gasteiger partial charge in [0, 0.05) is 6.42 Å². The van der Waals surface area contributed by atoms with Crippen molar-refractivity contribution in [1.82, 2.24) is 4.98 Å². The molecule has 1 aromatic heterocycles. The van der Waals surface area contributed by atoms with Gasteiger partial charge in [0.1, 0.15) is 4.60 Å². The number of hydrogen-bond acceptors (Lipinski definition) is 2. The Morgan fingerprint density at radius 2 is 2.36 bits per heavy atom. The molecule has 76 valence electrons. The van der Waals surface area contributed by atoms with Crippen LogP contribution < -0.4 is 5.32 Å². The fraction of sp³-hybridized carbons (Fsp3) is 0.400. The molecule has 3 nitrogen and oxygen atoms in total. The summed E-state index contributed by atoms with van der Waals surface area (Å²) >= 11 is 3.30. The van der Waals surface area contributed by atoms with E-state index in [2.05, 4.69) is 26.2 Å². The van der Waals surface area contributed by atoms with Crippen LogP contribution in [-0.2, 0) is 4.79 Å². The van der Waals surface area contributed by atoms with Crippen LogP contribution in [0.3, 0.4) is 0 Å². The molecule has 4 heteroatoms. The van der Waals surface area contributed by atoms with E-state index in [4.69, 9.17) is 0 Å². The van der Waals surface area contributed by atoms with Crippen LogP contribution in [0.5, 0.6) is 0 Å². The number of pyridine rings is 1. The van der Waals surface area contributed by atoms with E-state index in [0.29, 0.717) is 6.42 Å². The average molecular weight is 257 g/mol. The van der Waals surface area contributed by atoms with Gasteiger partial charge in [0.2, 0.25) is 5.91 Å². The molecule has 0 atom stereocenters. The molecule has 1 amide bonds. The molecule has 0 aliphatic carbocycles. The topological polar surface area (TPSA) is 42.0 Å². The number of hydrogen-bond donors (Lipinski definition) is 1. The highest BCUT2D eigenvalue weighted by molar-refractivity contribution is 9.10. The van der Waals surface area contributed by atoms with Crippen LogP contribution in [0.1, 0.15) is 25.3 Å². The Hall–Kier alpha value is -0.900. The van der Waals surface area contributed by atoms with Crippen molar-refractivity contribution in [2.45, 2.75) is 26.7 Å². The molecular formula is C10H13BrN2O. The van der Waals surface area contributed by atoms with Crippen LogP contribution >= 0.6 is 15.9 Å². The first-order valence-electron chi connectivity index (χ1n) is 4.55. The van der Waals surface area contributed by atoms with Gasteiger partial charge in [-0.3, -0.25) is 4.79 Å². The second kappa shape index (κ2) is 5.10. The third-order valence-corrected chi connectivity index (χ3v) is 2.61. The summed E-state index contributed by atoms with van der Waals surface area (Å²) in [6.45, 7) is 3.91. The molecule has 1 rings (SSSR count). The molecule has 0 unspecified atom stereocenters. The minimum atomic E-state index is 0.0380. The summed E-state index contributed by atoms with van der Waals surface area (Å²) in [6.07, 6.45) is 3.05. The van der Waals surface area contributed by atoms with Gasteiger partial charge in [-0.15, -0.1) is 0 Å². The lowest BCUT2D eigenvalue weighted by molar-refractivity contribution is -0.116. The van der Waals surface area contributed by atoms with Gasteiger partial charge in [0.05, 0.1) is 11.9 Å². The Kier molecular flexibility index (Phi) is 4.07. The van der Waals surface area contributed by atoms with Crippen molar-refractivity contribution in [3.05, 3.63) is 22.4 Å². The molecule has 0 fully saturated rings. The largest absolute Gasteiger partial charge is 0.325 e. The van der Waals surface area contributed by atoms with Crippen molar-refractivity contribution < 1.29 is 4.79 Å². The molecule has 0 saturated heterocycles. The maximum absolute atomic E-state index is 11.3. The lowest BCUT2D eigenvalue weighted by Gasteiger charge is -2.05. The average Bonchev–Trinajstić information content (AvgIpc) is 2.12. The van der Waals surface area contributed by atoms with E-state index in [9.17, 15) is 4.79 Å². The zero-order valence-electron chi connectivity index (χ0n) is 8.30. The number of aryl methyl sites for hydroxylation is 1. The van der Waals surface area contributed by atoms with Gasteiger partial charge in [0.15, 0.2) is 0 Å². The summed E-state index contributed by atoms with van der Waals surface area (Å²) in [5.41, 5.74) is 1.77. The first-order valence-corrected chi connectivity index (χ1v) is 5.34. The first-order chi connectivity index (χ1) is 6.63. The van der Waals surface area contributed by atoms with Gasteiger partial charge in [0.25, 0.3) is 0 Å². The van der Waals surface area contributed by atoms with E-state index in [-0.39, 0.29) is 5.91 Å². The Morgan fingerprint density at radius 3 is 2.93 bits per heavy atom. The summed E-state index contributed by atoms with van der Waals surface area (Å²) in [5, 5.41) is 2.79. The summed E-state index contributed by atoms with van der Waals surface area (Å²) in [6, 6.07) is 1.89. The molecule has 0 saturated carbocycles. The zero-order chi connectivity index (χ0) is 10.6. The van der Waals surface area contributed by atoms with Crippen molar-refractivity contribution in [3.63, 3.8) is 0 Å². The third-order valence-electron chi connectivity index (χ3n) is 1.78. The third kappa shape index (κ3) is 3.10. The first kappa shape index (κ1) is 11.2. The standard InChI is InChI=1S/C10H13BrN2O/c1-3-4-9(14)13-8-5-7(2)10(11)12-6-8/h5-6H,3-4H2,1-2H3,(H,13,14). The molecule has 1 heterocycles. The maximum atomic E-state index is 11.3. The smallest absolute Gasteiger partial charge is 0.224 e. The molecule has 0 aliphatic heterocycles. The molecule has 0 bridgehead atoms. The molecule has 14 heavy (non-hydrogen) atoms. The molecule has 0 aliphatic rings. The number of anilines is 1. The Labute approximate surface area is 92.1 Å². The number of carbonyl (C=O) groups excluding carboxylic acids is 1. The lowest BCUT2D eigenvalue weighted by atomic mass is 10.3. The monoisotopic (exact) mass is 256 g/mol. The fourth-order valence-electron chi connectivity index (χ4n) is 1.08. The van der Waals surface area contributed by atoms with Crippen molar-refractivity contribution in [1.29, 1.82) is 0 Å². The Bertz CT molecular complexity index is 339. The van der Waals surface area contributed by atoms with Gasteiger partial charge < -0.3 is 5.32 Å². The van der Waals surface area contributed by atoms with Gasteiger partial charge in [-0.1, -0.05) is 6.92 Å². The number of nitrogens with zero attached hydrogens (tertiary/aromatic N) is 1. The molecular weight excluding hydrogens is 244 g/mol. The Morgan fingerprint density at radius 1 is 1.64 bits per heavy atom. The molecule has 0 radical (unpaired) electrons. The number of halogens is 1. The van der Waals surface area contributed by atoms with Gasteiger partial charge in [-0.2, -0.15) is 0 Å². The lowest BCUT2D eigenvalue weighted by Crippen LogP contribution is -2.10. The van der Waals surface area contributed by atoms with Crippen LogP contribution in [0.4, 0.5) is 5.69 Å². The molecule has 0 spiro atoms. The fourth-order valence-corrected chi connectivity index (χ4v) is 1.29. The minimum absolute atomic E-state index is 0.0380. The van der Waals surface area contributed by atoms with Crippen molar-refractivity contribution >= 4 is 27.5 Å². The second-order valence-electron chi connectivity index (χ2n) is 3.13. The van der Waals surface area contributed by atoms with E-state index in [1.54, 1.807) is 6.20 Å². The Balaban J connectivity index is 2.68. The van der Waals surface area contributed by atoms with Crippen molar-refractivity contribution in [2.75, 3.05) is 5.32 Å². The highest BCUT2D eigenvalue weighted by Gasteiger charge is 2.02. The normalized spacial score (nSPS) is 9.93. The van der Waals surface area contributed by atoms with Gasteiger partial charge in [-0.25, -0.2) is 4.98 Å². The van der Waals surface area contributed by atoms with E-state index >= 15 is 0 Å². The molecule has 1 aromatic rings. The van der Waals surface area contributed by atoms with Crippen molar-refractivity contribution in [3.8, 4) is 0 Å². The second-order valence-corrected chi connectivity index (χ2v) is 3.88. The number of rotatable bonds is 3. The van der Waals surface area contributed by atoms with Gasteiger partial charge in [-0.05, 0) is 40.9 Å². The zero-order valence-corrected chi connectivity index (χ0v) is 9.89. The quantitative estimate of drug-likeness (QED) is 0.846. The number of aromatic nitrogens is 1. The van der Waals surface area contributed by atoms with Crippen LogP contribution in [0.25, 0.3) is 0 Å². The number of carbonyl (C=O) groups is 1. The van der Waals surface area contributed by atoms with Crippen LogP contribution in [0.15, 0.2) is 16.9 Å². The summed E-state index contributed by atoms with van der Waals surface area (Å²) in [5.74, 6) is 0.0380. The SMILES string of the molecule is CCCC(=O)Nc1cnc(Br)c(C)c1. The summed E-state index contributed by atoms with van der Waals surface area (Å²) in [7, 11) is 0. The predicted molar refractivity (Wildman–Crippen MR) is 60.2 cm³/mol. The van der Waals surface area contributed by atoms with E-state index in [1.807, 2.05) is 19.9 Å². The van der Waals surface area contributed by atoms with Crippen molar-refractivity contribution in [2.24, 2.45) is 0 Å². The van der Waals surface area contributed by atoms with E-state index in [1.165, 1.54) is 0 Å².